The average molecular weight is 347 g/mol. The van der Waals surface area contributed by atoms with Gasteiger partial charge in [-0.15, -0.1) is 0 Å². The molecule has 3 rings (SSSR count). The summed E-state index contributed by atoms with van der Waals surface area (Å²) in [6.07, 6.45) is 3.75. The zero-order valence-electron chi connectivity index (χ0n) is 14.4. The van der Waals surface area contributed by atoms with Crippen LogP contribution in [0, 0.1) is 0 Å². The second-order valence-electron chi connectivity index (χ2n) is 5.60. The normalized spacial score (nSPS) is 10.8. The Bertz CT molecular complexity index is 991. The minimum atomic E-state index is -0.383. The highest BCUT2D eigenvalue weighted by molar-refractivity contribution is 5.90. The Morgan fingerprint density at radius 1 is 0.962 bits per heavy atom. The Balaban J connectivity index is 1.87. The maximum Gasteiger partial charge on any atom is 0.337 e. The molecule has 5 nitrogen and oxygen atoms in total. The topological polar surface area (TPSA) is 65.5 Å². The quantitative estimate of drug-likeness (QED) is 0.525. The Morgan fingerprint density at radius 2 is 1.73 bits per heavy atom. The summed E-state index contributed by atoms with van der Waals surface area (Å²) in [6, 6.07) is 16.3. The maximum absolute atomic E-state index is 11.5. The van der Waals surface area contributed by atoms with Crippen molar-refractivity contribution in [3.8, 4) is 5.75 Å². The van der Waals surface area contributed by atoms with E-state index in [1.54, 1.807) is 18.2 Å². The smallest absolute Gasteiger partial charge is 0.337 e. The molecule has 0 aliphatic carbocycles. The lowest BCUT2D eigenvalue weighted by Crippen LogP contribution is -2.02. The second kappa shape index (κ2) is 7.61. The lowest BCUT2D eigenvalue weighted by Gasteiger charge is -2.06. The number of fused-ring (bicyclic) bond motifs is 1. The van der Waals surface area contributed by atoms with E-state index < -0.39 is 0 Å². The summed E-state index contributed by atoms with van der Waals surface area (Å²) in [5.41, 5.74) is 2.78. The van der Waals surface area contributed by atoms with Crippen molar-refractivity contribution in [2.24, 2.45) is 0 Å². The van der Waals surface area contributed by atoms with Gasteiger partial charge >= 0.3 is 11.9 Å². The van der Waals surface area contributed by atoms with Gasteiger partial charge in [-0.25, -0.2) is 9.78 Å². The molecule has 0 aliphatic rings. The zero-order valence-corrected chi connectivity index (χ0v) is 14.4. The first-order valence-electron chi connectivity index (χ1n) is 8.01. The number of pyridine rings is 1. The minimum absolute atomic E-state index is 0.366. The third-order valence-corrected chi connectivity index (χ3v) is 3.74. The van der Waals surface area contributed by atoms with Crippen molar-refractivity contribution in [1.29, 1.82) is 0 Å². The number of methoxy groups -OCH3 is 1. The van der Waals surface area contributed by atoms with Gasteiger partial charge in [0.25, 0.3) is 0 Å². The van der Waals surface area contributed by atoms with E-state index in [1.807, 2.05) is 48.6 Å². The molecule has 0 N–H and O–H groups in total. The fourth-order valence-corrected chi connectivity index (χ4v) is 2.49. The highest BCUT2D eigenvalue weighted by Gasteiger charge is 2.06. The number of para-hydroxylation sites is 1. The number of nitrogens with zero attached hydrogens (tertiary/aromatic N) is 1. The number of carbonyl (C=O) groups is 2. The SMILES string of the molecule is COC(=O)c1ccc(/C=C/c2ccc3cccc(OC(C)=O)c3n2)cc1. The van der Waals surface area contributed by atoms with E-state index >= 15 is 0 Å². The van der Waals surface area contributed by atoms with Crippen LogP contribution in [-0.4, -0.2) is 24.0 Å². The Labute approximate surface area is 150 Å². The lowest BCUT2D eigenvalue weighted by atomic mass is 10.1. The molecular weight excluding hydrogens is 330 g/mol. The van der Waals surface area contributed by atoms with Gasteiger partial charge in [-0.1, -0.05) is 36.4 Å². The molecular formula is C21H17NO4. The van der Waals surface area contributed by atoms with Crippen molar-refractivity contribution in [3.63, 3.8) is 0 Å². The van der Waals surface area contributed by atoms with Crippen molar-refractivity contribution >= 4 is 35.0 Å². The van der Waals surface area contributed by atoms with Crippen molar-refractivity contribution < 1.29 is 19.1 Å². The molecule has 0 radical (unpaired) electrons. The van der Waals surface area contributed by atoms with Crippen molar-refractivity contribution in [1.82, 2.24) is 4.98 Å². The molecule has 0 unspecified atom stereocenters. The van der Waals surface area contributed by atoms with Gasteiger partial charge in [0.1, 0.15) is 5.52 Å². The van der Waals surface area contributed by atoms with Gasteiger partial charge in [-0.2, -0.15) is 0 Å². The second-order valence-corrected chi connectivity index (χ2v) is 5.60. The van der Waals surface area contributed by atoms with E-state index in [1.165, 1.54) is 14.0 Å². The van der Waals surface area contributed by atoms with E-state index in [0.717, 1.165) is 16.6 Å². The summed E-state index contributed by atoms with van der Waals surface area (Å²) in [7, 11) is 1.35. The fourth-order valence-electron chi connectivity index (χ4n) is 2.49. The summed E-state index contributed by atoms with van der Waals surface area (Å²) >= 11 is 0. The third-order valence-electron chi connectivity index (χ3n) is 3.74. The molecule has 0 saturated carbocycles. The van der Waals surface area contributed by atoms with E-state index in [-0.39, 0.29) is 11.9 Å². The lowest BCUT2D eigenvalue weighted by molar-refractivity contribution is -0.131. The largest absolute Gasteiger partial charge is 0.465 e. The molecule has 0 fully saturated rings. The number of rotatable bonds is 4. The van der Waals surface area contributed by atoms with Crippen LogP contribution in [0.15, 0.2) is 54.6 Å². The van der Waals surface area contributed by atoms with Crippen LogP contribution in [0.2, 0.25) is 0 Å². The molecule has 5 heteroatoms. The number of aromatic nitrogens is 1. The van der Waals surface area contributed by atoms with E-state index in [0.29, 0.717) is 16.8 Å². The first-order chi connectivity index (χ1) is 12.6. The number of hydrogen-bond acceptors (Lipinski definition) is 5. The highest BCUT2D eigenvalue weighted by Crippen LogP contribution is 2.24. The number of benzene rings is 2. The molecule has 0 aliphatic heterocycles. The zero-order chi connectivity index (χ0) is 18.5. The molecule has 2 aromatic carbocycles. The van der Waals surface area contributed by atoms with Gasteiger partial charge in [-0.3, -0.25) is 4.79 Å². The van der Waals surface area contributed by atoms with Gasteiger partial charge < -0.3 is 9.47 Å². The van der Waals surface area contributed by atoms with E-state index in [4.69, 9.17) is 4.74 Å². The first kappa shape index (κ1) is 17.4. The van der Waals surface area contributed by atoms with Crippen LogP contribution in [-0.2, 0) is 9.53 Å². The molecule has 1 aromatic heterocycles. The average Bonchev–Trinajstić information content (AvgIpc) is 2.66. The van der Waals surface area contributed by atoms with Gasteiger partial charge in [0, 0.05) is 12.3 Å². The van der Waals surface area contributed by atoms with Gasteiger partial charge in [0.15, 0.2) is 5.75 Å². The standard InChI is InChI=1S/C21H17NO4/c1-14(23)26-19-5-3-4-16-11-13-18(22-20(16)19)12-8-15-6-9-17(10-7-15)21(24)25-2/h3-13H,1-2H3/b12-8+. The predicted molar refractivity (Wildman–Crippen MR) is 99.8 cm³/mol. The van der Waals surface area contributed by atoms with E-state index in [9.17, 15) is 9.59 Å². The Morgan fingerprint density at radius 3 is 2.42 bits per heavy atom. The van der Waals surface area contributed by atoms with Crippen LogP contribution in [0.1, 0.15) is 28.5 Å². The molecule has 3 aromatic rings. The summed E-state index contributed by atoms with van der Waals surface area (Å²) in [5.74, 6) is -0.312. The molecule has 1 heterocycles. The van der Waals surface area contributed by atoms with Gasteiger partial charge in [0.2, 0.25) is 0 Å². The molecule has 26 heavy (non-hydrogen) atoms. The summed E-state index contributed by atoms with van der Waals surface area (Å²) in [4.78, 5) is 27.3. The van der Waals surface area contributed by atoms with E-state index in [2.05, 4.69) is 9.72 Å². The molecule has 0 atom stereocenters. The predicted octanol–water partition coefficient (Wildman–Crippen LogP) is 4.12. The van der Waals surface area contributed by atoms with Crippen LogP contribution >= 0.6 is 0 Å². The van der Waals surface area contributed by atoms with Crippen LogP contribution in [0.5, 0.6) is 5.75 Å². The number of hydrogen-bond donors (Lipinski definition) is 0. The van der Waals surface area contributed by atoms with Crippen molar-refractivity contribution in [2.75, 3.05) is 7.11 Å². The van der Waals surface area contributed by atoms with Crippen LogP contribution in [0.4, 0.5) is 0 Å². The summed E-state index contributed by atoms with van der Waals surface area (Å²) in [6.45, 7) is 1.36. The van der Waals surface area contributed by atoms with Gasteiger partial charge in [0.05, 0.1) is 18.4 Å². The fraction of sp³-hybridized carbons (Fsp3) is 0.0952. The maximum atomic E-state index is 11.5. The summed E-state index contributed by atoms with van der Waals surface area (Å²) < 4.78 is 9.90. The molecule has 0 amide bonds. The molecule has 0 spiro atoms. The monoisotopic (exact) mass is 347 g/mol. The summed E-state index contributed by atoms with van der Waals surface area (Å²) in [5, 5.41) is 0.892. The van der Waals surface area contributed by atoms with Crippen LogP contribution in [0.25, 0.3) is 23.1 Å². The molecule has 130 valence electrons. The minimum Gasteiger partial charge on any atom is -0.465 e. The molecule has 0 bridgehead atoms. The highest BCUT2D eigenvalue weighted by atomic mass is 16.5. The van der Waals surface area contributed by atoms with Crippen LogP contribution < -0.4 is 4.74 Å². The number of ether oxygens (including phenoxy) is 2. The Kier molecular flexibility index (Phi) is 5.08. The van der Waals surface area contributed by atoms with Crippen molar-refractivity contribution in [3.05, 3.63) is 71.4 Å². The van der Waals surface area contributed by atoms with Crippen molar-refractivity contribution in [2.45, 2.75) is 6.92 Å². The Hall–Kier alpha value is -3.47. The van der Waals surface area contributed by atoms with Gasteiger partial charge in [-0.05, 0) is 35.9 Å². The first-order valence-corrected chi connectivity index (χ1v) is 8.01. The van der Waals surface area contributed by atoms with Crippen LogP contribution in [0.3, 0.4) is 0 Å². The number of carbonyl (C=O) groups excluding carboxylic acids is 2. The number of esters is 2. The third kappa shape index (κ3) is 3.95. The molecule has 0 saturated heterocycles.